The molecule has 0 fully saturated rings. The van der Waals surface area contributed by atoms with Gasteiger partial charge in [0.25, 0.3) is 11.8 Å². The van der Waals surface area contributed by atoms with Gasteiger partial charge < -0.3 is 5.32 Å². The zero-order chi connectivity index (χ0) is 24.4. The summed E-state index contributed by atoms with van der Waals surface area (Å²) in [5, 5.41) is 10.2. The summed E-state index contributed by atoms with van der Waals surface area (Å²) in [6.45, 7) is -1.30. The average molecular weight is 483 g/mol. The monoisotopic (exact) mass is 482 g/mol. The van der Waals surface area contributed by atoms with Gasteiger partial charge in [0, 0.05) is 5.56 Å². The summed E-state index contributed by atoms with van der Waals surface area (Å²) in [5.74, 6) is -5.82. The first-order valence-electron chi connectivity index (χ1n) is 9.26. The molecule has 3 nitrogen and oxygen atoms in total. The van der Waals surface area contributed by atoms with Crippen molar-refractivity contribution in [2.75, 3.05) is 6.54 Å². The third-order valence-electron chi connectivity index (χ3n) is 4.73. The number of hydrogen-bond acceptors (Lipinski definition) is 2. The smallest absolute Gasteiger partial charge is 0.346 e. The number of carbonyl (C=O) groups excluding carboxylic acids is 1. The molecule has 0 aliphatic rings. The maximum atomic E-state index is 14.7. The van der Waals surface area contributed by atoms with Crippen LogP contribution in [0.4, 0.5) is 26.3 Å². The number of nitriles is 1. The maximum Gasteiger partial charge on any atom is 0.417 e. The van der Waals surface area contributed by atoms with Gasteiger partial charge >= 0.3 is 6.18 Å². The van der Waals surface area contributed by atoms with Crippen molar-refractivity contribution in [3.05, 3.63) is 93.8 Å². The van der Waals surface area contributed by atoms with Gasteiger partial charge in [0.1, 0.15) is 11.9 Å². The van der Waals surface area contributed by atoms with Crippen LogP contribution >= 0.6 is 11.6 Å². The fourth-order valence-electron chi connectivity index (χ4n) is 3.09. The Kier molecular flexibility index (Phi) is 6.70. The highest BCUT2D eigenvalue weighted by molar-refractivity contribution is 6.31. The van der Waals surface area contributed by atoms with Crippen LogP contribution in [0.3, 0.4) is 0 Å². The van der Waals surface area contributed by atoms with Gasteiger partial charge in [0.05, 0.1) is 28.3 Å². The molecule has 0 radical (unpaired) electrons. The molecular weight excluding hydrogens is 470 g/mol. The number of carbonyl (C=O) groups is 1. The predicted molar refractivity (Wildman–Crippen MR) is 109 cm³/mol. The van der Waals surface area contributed by atoms with E-state index in [2.05, 4.69) is 0 Å². The molecule has 0 aliphatic carbocycles. The quantitative estimate of drug-likeness (QED) is 0.419. The predicted octanol–water partition coefficient (Wildman–Crippen LogP) is 6.56. The van der Waals surface area contributed by atoms with E-state index >= 15 is 0 Å². The van der Waals surface area contributed by atoms with E-state index in [9.17, 15) is 31.1 Å². The molecule has 170 valence electrons. The third kappa shape index (κ3) is 5.29. The van der Waals surface area contributed by atoms with E-state index < -0.39 is 52.1 Å². The van der Waals surface area contributed by atoms with Gasteiger partial charge in [-0.1, -0.05) is 41.9 Å². The maximum absolute atomic E-state index is 14.7. The van der Waals surface area contributed by atoms with Gasteiger partial charge in [-0.25, -0.2) is 4.39 Å². The number of amides is 1. The Labute approximate surface area is 189 Å². The molecule has 0 saturated carbocycles. The lowest BCUT2D eigenvalue weighted by Crippen LogP contribution is -2.36. The molecule has 3 aromatic carbocycles. The van der Waals surface area contributed by atoms with Crippen molar-refractivity contribution in [3.63, 3.8) is 0 Å². The molecule has 0 saturated heterocycles. The Hall–Kier alpha value is -3.51. The van der Waals surface area contributed by atoms with Crippen molar-refractivity contribution in [1.29, 1.82) is 5.26 Å². The Morgan fingerprint density at radius 3 is 2.18 bits per heavy atom. The second-order valence-electron chi connectivity index (χ2n) is 6.93. The lowest BCUT2D eigenvalue weighted by Gasteiger charge is -2.20. The molecule has 1 amide bonds. The molecule has 0 atom stereocenters. The largest absolute Gasteiger partial charge is 0.417 e. The molecule has 0 unspecified atom stereocenters. The highest BCUT2D eigenvalue weighted by atomic mass is 35.5. The van der Waals surface area contributed by atoms with Gasteiger partial charge in [0.2, 0.25) is 0 Å². The van der Waals surface area contributed by atoms with Crippen LogP contribution < -0.4 is 5.32 Å². The van der Waals surface area contributed by atoms with E-state index in [1.807, 2.05) is 5.32 Å². The minimum absolute atomic E-state index is 0.184. The number of benzene rings is 3. The van der Waals surface area contributed by atoms with Crippen LogP contribution in [0.2, 0.25) is 5.02 Å². The minimum atomic E-state index is -4.83. The normalized spacial score (nSPS) is 11.7. The number of nitrogens with zero attached hydrogens (tertiary/aromatic N) is 1. The van der Waals surface area contributed by atoms with Crippen LogP contribution in [0, 0.1) is 17.1 Å². The van der Waals surface area contributed by atoms with Gasteiger partial charge in [-0.05, 0) is 41.5 Å². The number of halogens is 7. The number of hydrogen-bond donors (Lipinski definition) is 1. The van der Waals surface area contributed by atoms with Crippen LogP contribution in [0.5, 0.6) is 0 Å². The first-order valence-corrected chi connectivity index (χ1v) is 9.64. The first-order chi connectivity index (χ1) is 15.4. The summed E-state index contributed by atoms with van der Waals surface area (Å²) in [6, 6.07) is 12.6. The van der Waals surface area contributed by atoms with Crippen LogP contribution in [0.25, 0.3) is 11.1 Å². The fourth-order valence-corrected chi connectivity index (χ4v) is 3.41. The lowest BCUT2D eigenvalue weighted by atomic mass is 10.00. The molecule has 1 N–H and O–H groups in total. The van der Waals surface area contributed by atoms with Crippen molar-refractivity contribution in [2.45, 2.75) is 12.1 Å². The molecular formula is C23H13ClF6N2O. The topological polar surface area (TPSA) is 52.9 Å². The second kappa shape index (κ2) is 9.16. The molecule has 3 rings (SSSR count). The molecule has 0 aliphatic heterocycles. The molecule has 0 heterocycles. The van der Waals surface area contributed by atoms with Crippen LogP contribution in [-0.2, 0) is 12.1 Å². The van der Waals surface area contributed by atoms with E-state index in [1.165, 1.54) is 24.3 Å². The summed E-state index contributed by atoms with van der Waals surface area (Å²) < 4.78 is 82.4. The summed E-state index contributed by atoms with van der Waals surface area (Å²) >= 11 is 5.99. The van der Waals surface area contributed by atoms with E-state index in [0.717, 1.165) is 30.3 Å². The van der Waals surface area contributed by atoms with Gasteiger partial charge in [-0.3, -0.25) is 4.79 Å². The number of nitrogens with one attached hydrogen (secondary N) is 1. The second-order valence-corrected chi connectivity index (χ2v) is 7.34. The molecule has 0 bridgehead atoms. The fraction of sp³-hybridized carbons (Fsp3) is 0.130. The number of alkyl halides is 5. The Bertz CT molecular complexity index is 1250. The van der Waals surface area contributed by atoms with Gasteiger partial charge in [-0.2, -0.15) is 27.2 Å². The van der Waals surface area contributed by atoms with Gasteiger partial charge in [-0.15, -0.1) is 0 Å². The van der Waals surface area contributed by atoms with Gasteiger partial charge in [0.15, 0.2) is 0 Å². The third-order valence-corrected chi connectivity index (χ3v) is 5.05. The zero-order valence-electron chi connectivity index (χ0n) is 16.5. The van der Waals surface area contributed by atoms with Crippen molar-refractivity contribution < 1.29 is 31.1 Å². The summed E-state index contributed by atoms with van der Waals surface area (Å²) in [7, 11) is 0. The standard InChI is InChI=1S/C23H13ClF6N2O/c24-19-9-13(14-5-6-15(11-31)20(25)10-14)7-8-18(19)22(26,27)12-32-21(33)16-3-1-2-4-17(16)23(28,29)30/h1-10H,12H2,(H,32,33). The highest BCUT2D eigenvalue weighted by Gasteiger charge is 2.37. The Balaban J connectivity index is 1.80. The van der Waals surface area contributed by atoms with Crippen molar-refractivity contribution >= 4 is 17.5 Å². The van der Waals surface area contributed by atoms with Crippen molar-refractivity contribution in [2.24, 2.45) is 0 Å². The average Bonchev–Trinajstić information content (AvgIpc) is 2.76. The van der Waals surface area contributed by atoms with E-state index in [4.69, 9.17) is 16.9 Å². The molecule has 33 heavy (non-hydrogen) atoms. The molecule has 10 heteroatoms. The summed E-state index contributed by atoms with van der Waals surface area (Å²) in [5.41, 5.74) is -2.30. The molecule has 0 aromatic heterocycles. The molecule has 3 aromatic rings. The lowest BCUT2D eigenvalue weighted by molar-refractivity contribution is -0.137. The SMILES string of the molecule is N#Cc1ccc(-c2ccc(C(F)(F)CNC(=O)c3ccccc3C(F)(F)F)c(Cl)c2)cc1F. The molecule has 0 spiro atoms. The van der Waals surface area contributed by atoms with Crippen LogP contribution in [0.1, 0.15) is 27.0 Å². The summed E-state index contributed by atoms with van der Waals surface area (Å²) in [4.78, 5) is 12.2. The minimum Gasteiger partial charge on any atom is -0.346 e. The highest BCUT2D eigenvalue weighted by Crippen LogP contribution is 2.36. The van der Waals surface area contributed by atoms with Crippen LogP contribution in [0.15, 0.2) is 60.7 Å². The van der Waals surface area contributed by atoms with Crippen molar-refractivity contribution in [1.82, 2.24) is 5.32 Å². The zero-order valence-corrected chi connectivity index (χ0v) is 17.2. The summed E-state index contributed by atoms with van der Waals surface area (Å²) in [6.07, 6.45) is -4.83. The first kappa shape index (κ1) is 24.1. The Morgan fingerprint density at radius 2 is 1.58 bits per heavy atom. The Morgan fingerprint density at radius 1 is 0.939 bits per heavy atom. The van der Waals surface area contributed by atoms with Crippen LogP contribution in [-0.4, -0.2) is 12.5 Å². The van der Waals surface area contributed by atoms with E-state index in [-0.39, 0.29) is 5.56 Å². The van der Waals surface area contributed by atoms with Crippen molar-refractivity contribution in [3.8, 4) is 17.2 Å². The number of rotatable bonds is 5. The van der Waals surface area contributed by atoms with E-state index in [0.29, 0.717) is 17.2 Å². The van der Waals surface area contributed by atoms with E-state index in [1.54, 1.807) is 6.07 Å².